The van der Waals surface area contributed by atoms with Gasteiger partial charge in [0.2, 0.25) is 11.8 Å². The molecular weight excluding hydrogens is 548 g/mol. The van der Waals surface area contributed by atoms with Crippen LogP contribution in [0.4, 0.5) is 11.4 Å². The number of aliphatic hydroxyl groups is 2. The van der Waals surface area contributed by atoms with E-state index in [0.717, 1.165) is 21.6 Å². The minimum Gasteiger partial charge on any atom is -0.507 e. The lowest BCUT2D eigenvalue weighted by Gasteiger charge is -2.36. The highest BCUT2D eigenvalue weighted by Gasteiger charge is 2.55. The van der Waals surface area contributed by atoms with Gasteiger partial charge in [0.1, 0.15) is 5.75 Å². The van der Waals surface area contributed by atoms with Crippen molar-refractivity contribution in [3.05, 3.63) is 111 Å². The van der Waals surface area contributed by atoms with Gasteiger partial charge in [0.05, 0.1) is 35.2 Å². The lowest BCUT2D eigenvalue weighted by Crippen LogP contribution is -2.39. The highest BCUT2D eigenvalue weighted by Crippen LogP contribution is 2.48. The van der Waals surface area contributed by atoms with Crippen LogP contribution in [0.3, 0.4) is 0 Å². The number of benzene rings is 3. The van der Waals surface area contributed by atoms with E-state index >= 15 is 0 Å². The Balaban J connectivity index is 1.44. The lowest BCUT2D eigenvalue weighted by atomic mass is 9.67. The zero-order valence-electron chi connectivity index (χ0n) is 23.8. The summed E-state index contributed by atoms with van der Waals surface area (Å²) in [4.78, 5) is 39.0. The van der Waals surface area contributed by atoms with Gasteiger partial charge in [-0.25, -0.2) is 4.90 Å². The second-order valence-corrected chi connectivity index (χ2v) is 11.0. The van der Waals surface area contributed by atoms with E-state index in [2.05, 4.69) is 0 Å². The maximum Gasteiger partial charge on any atom is 0.271 e. The van der Waals surface area contributed by atoms with Crippen molar-refractivity contribution >= 4 is 34.8 Å². The first kappa shape index (κ1) is 29.9. The number of nitro benzene ring substituents is 1. The molecule has 4 atom stereocenters. The molecular formula is C34H34N2O7. The Labute approximate surface area is 249 Å². The van der Waals surface area contributed by atoms with Crippen molar-refractivity contribution in [2.45, 2.75) is 38.7 Å². The van der Waals surface area contributed by atoms with Gasteiger partial charge in [-0.1, -0.05) is 67.1 Å². The molecule has 222 valence electrons. The molecule has 0 spiro atoms. The molecule has 9 heteroatoms. The summed E-state index contributed by atoms with van der Waals surface area (Å²) in [6.07, 6.45) is 2.43. The van der Waals surface area contributed by atoms with Gasteiger partial charge < -0.3 is 15.3 Å². The maximum atomic E-state index is 13.7. The number of carbonyl (C=O) groups excluding carboxylic acids is 2. The van der Waals surface area contributed by atoms with Gasteiger partial charge in [0.15, 0.2) is 0 Å². The number of para-hydroxylation sites is 1. The summed E-state index contributed by atoms with van der Waals surface area (Å²) >= 11 is 0. The number of imide groups is 1. The van der Waals surface area contributed by atoms with Gasteiger partial charge in [-0.05, 0) is 60.6 Å². The van der Waals surface area contributed by atoms with Crippen LogP contribution in [0.1, 0.15) is 43.7 Å². The number of nitrogens with zero attached hydrogens (tertiary/aromatic N) is 2. The van der Waals surface area contributed by atoms with Crippen molar-refractivity contribution < 1.29 is 29.8 Å². The van der Waals surface area contributed by atoms with E-state index in [1.807, 2.05) is 55.5 Å². The average Bonchev–Trinajstić information content (AvgIpc) is 3.28. The van der Waals surface area contributed by atoms with Crippen LogP contribution in [-0.2, 0) is 9.59 Å². The molecule has 0 unspecified atom stereocenters. The predicted molar refractivity (Wildman–Crippen MR) is 163 cm³/mol. The monoisotopic (exact) mass is 582 g/mol. The zero-order valence-corrected chi connectivity index (χ0v) is 23.8. The summed E-state index contributed by atoms with van der Waals surface area (Å²) in [5.74, 6) is -3.23. The minimum absolute atomic E-state index is 0.122. The number of non-ortho nitro benzene ring substituents is 1. The molecule has 5 rings (SSSR count). The van der Waals surface area contributed by atoms with Gasteiger partial charge in [-0.15, -0.1) is 0 Å². The smallest absolute Gasteiger partial charge is 0.271 e. The zero-order chi connectivity index (χ0) is 30.7. The first-order valence-corrected chi connectivity index (χ1v) is 14.4. The number of phenolic OH excluding ortho intramolecular Hbond substituents is 1. The van der Waals surface area contributed by atoms with Gasteiger partial charge in [-0.2, -0.15) is 0 Å². The van der Waals surface area contributed by atoms with Crippen molar-refractivity contribution in [1.29, 1.82) is 0 Å². The summed E-state index contributed by atoms with van der Waals surface area (Å²) < 4.78 is 0. The Bertz CT molecular complexity index is 1600. The topological polar surface area (TPSA) is 141 Å². The second-order valence-electron chi connectivity index (χ2n) is 11.0. The Hall–Kier alpha value is -4.60. The maximum absolute atomic E-state index is 13.7. The van der Waals surface area contributed by atoms with Crippen LogP contribution in [0, 0.1) is 27.9 Å². The second kappa shape index (κ2) is 12.7. The molecule has 0 radical (unpaired) electrons. The van der Waals surface area contributed by atoms with E-state index in [-0.39, 0.29) is 30.0 Å². The fourth-order valence-corrected chi connectivity index (χ4v) is 6.50. The van der Waals surface area contributed by atoms with Gasteiger partial charge in [0.25, 0.3) is 5.69 Å². The number of fused-ring (bicyclic) bond motifs is 1. The van der Waals surface area contributed by atoms with E-state index in [9.17, 15) is 35.0 Å². The van der Waals surface area contributed by atoms with Gasteiger partial charge in [-0.3, -0.25) is 19.7 Å². The molecule has 2 aliphatic rings. The van der Waals surface area contributed by atoms with Crippen LogP contribution in [0.15, 0.2) is 90.0 Å². The Morgan fingerprint density at radius 3 is 2.44 bits per heavy atom. The number of nitro groups is 1. The molecule has 0 aromatic heterocycles. The van der Waals surface area contributed by atoms with Crippen LogP contribution >= 0.6 is 0 Å². The van der Waals surface area contributed by atoms with Crippen molar-refractivity contribution in [2.24, 2.45) is 17.8 Å². The first-order chi connectivity index (χ1) is 20.7. The molecule has 0 bridgehead atoms. The third kappa shape index (κ3) is 5.86. The summed E-state index contributed by atoms with van der Waals surface area (Å²) in [6, 6.07) is 22.1. The van der Waals surface area contributed by atoms with Crippen molar-refractivity contribution in [1.82, 2.24) is 0 Å². The quantitative estimate of drug-likeness (QED) is 0.0941. The summed E-state index contributed by atoms with van der Waals surface area (Å²) in [6.45, 7) is 1.49. The Morgan fingerprint density at radius 2 is 1.77 bits per heavy atom. The number of aliphatic hydroxyl groups excluding tert-OH is 2. The van der Waals surface area contributed by atoms with E-state index in [1.54, 1.807) is 12.1 Å². The summed E-state index contributed by atoms with van der Waals surface area (Å²) in [5, 5.41) is 43.9. The fourth-order valence-electron chi connectivity index (χ4n) is 6.50. The molecule has 1 fully saturated rings. The van der Waals surface area contributed by atoms with Gasteiger partial charge in [0, 0.05) is 23.6 Å². The van der Waals surface area contributed by atoms with Crippen molar-refractivity contribution in [3.8, 4) is 5.75 Å². The largest absolute Gasteiger partial charge is 0.507 e. The Morgan fingerprint density at radius 1 is 1.05 bits per heavy atom. The van der Waals surface area contributed by atoms with Crippen molar-refractivity contribution in [3.63, 3.8) is 0 Å². The number of anilines is 1. The number of allylic oxidation sites excluding steroid dienone is 2. The lowest BCUT2D eigenvalue weighted by molar-refractivity contribution is -0.384. The first-order valence-electron chi connectivity index (χ1n) is 14.4. The van der Waals surface area contributed by atoms with Crippen molar-refractivity contribution in [2.75, 3.05) is 11.5 Å². The number of amides is 2. The third-order valence-electron chi connectivity index (χ3n) is 8.56. The van der Waals surface area contributed by atoms with Gasteiger partial charge >= 0.3 is 0 Å². The molecule has 1 aliphatic heterocycles. The highest BCUT2D eigenvalue weighted by atomic mass is 16.6. The van der Waals surface area contributed by atoms with E-state index in [0.29, 0.717) is 24.0 Å². The molecule has 43 heavy (non-hydrogen) atoms. The third-order valence-corrected chi connectivity index (χ3v) is 8.56. The van der Waals surface area contributed by atoms with E-state index < -0.39 is 47.2 Å². The standard InChI is InChI=1S/C34H34N2O7/c1-2-21-18-27-32(34(41)35(33(27)40)25-12-8-13-26(19-25)36(42)43)28(20-37)31(21)30(39)16-15-23(22-9-4-3-5-10-22)17-24-11-6-7-14-29(24)38/h3-14,17,19,27-28,30,32,37-39H,2,15-16,18,20H2,1H3/b23-17-/t27-,28+,30-,32-/m1/s1. The van der Waals surface area contributed by atoms with Crippen LogP contribution in [-0.4, -0.2) is 44.8 Å². The van der Waals surface area contributed by atoms with Crippen LogP contribution in [0.5, 0.6) is 5.75 Å². The van der Waals surface area contributed by atoms with E-state index in [4.69, 9.17) is 0 Å². The number of hydrogen-bond acceptors (Lipinski definition) is 7. The molecule has 2 amide bonds. The van der Waals surface area contributed by atoms with E-state index in [1.165, 1.54) is 24.3 Å². The molecule has 1 aliphatic carbocycles. The minimum atomic E-state index is -0.987. The van der Waals surface area contributed by atoms with Crippen LogP contribution in [0.25, 0.3) is 11.6 Å². The highest BCUT2D eigenvalue weighted by molar-refractivity contribution is 6.22. The number of carbonyl (C=O) groups is 2. The fraction of sp³-hybridized carbons (Fsp3) is 0.294. The number of hydrogen-bond donors (Lipinski definition) is 3. The number of rotatable bonds is 10. The summed E-state index contributed by atoms with van der Waals surface area (Å²) in [5.41, 5.74) is 3.80. The molecule has 0 saturated carbocycles. The molecule has 9 nitrogen and oxygen atoms in total. The normalized spacial score (nSPS) is 21.2. The van der Waals surface area contributed by atoms with Crippen LogP contribution < -0.4 is 4.90 Å². The molecule has 3 aromatic carbocycles. The average molecular weight is 583 g/mol. The molecule has 1 saturated heterocycles. The molecule has 3 N–H and O–H groups in total. The SMILES string of the molecule is CCC1=C([C@H](O)CC/C(=C/c2ccccc2O)c2ccccc2)[C@H](CO)[C@@H]2C(=O)N(c3cccc([N+](=O)[O-])c3)C(=O)[C@@H]2C1. The summed E-state index contributed by atoms with van der Waals surface area (Å²) in [7, 11) is 0. The number of aromatic hydroxyl groups is 1. The predicted octanol–water partition coefficient (Wildman–Crippen LogP) is 5.51. The van der Waals surface area contributed by atoms with Crippen LogP contribution in [0.2, 0.25) is 0 Å². The molecule has 3 aromatic rings. The number of phenols is 1. The molecule has 1 heterocycles. The Kier molecular flexibility index (Phi) is 8.84.